The summed E-state index contributed by atoms with van der Waals surface area (Å²) in [4.78, 5) is 32.1. The van der Waals surface area contributed by atoms with Crippen LogP contribution in [0.25, 0.3) is 0 Å². The second-order valence-corrected chi connectivity index (χ2v) is 5.06. The fourth-order valence-corrected chi connectivity index (χ4v) is 2.46. The highest BCUT2D eigenvalue weighted by molar-refractivity contribution is 9.10. The first-order valence-corrected chi connectivity index (χ1v) is 6.73. The molecule has 8 heteroatoms. The van der Waals surface area contributed by atoms with Gasteiger partial charge in [0, 0.05) is 6.54 Å². The van der Waals surface area contributed by atoms with Gasteiger partial charge in [0.15, 0.2) is 0 Å². The predicted octanol–water partition coefficient (Wildman–Crippen LogP) is 1.19. The third-order valence-electron chi connectivity index (χ3n) is 3.02. The lowest BCUT2D eigenvalue weighted by atomic mass is 10.2. The maximum Gasteiger partial charge on any atom is 0.407 e. The molecule has 2 amide bonds. The first kappa shape index (κ1) is 13.9. The van der Waals surface area contributed by atoms with Gasteiger partial charge in [0.05, 0.1) is 19.3 Å². The summed E-state index contributed by atoms with van der Waals surface area (Å²) < 4.78 is 5.22. The minimum atomic E-state index is -0.607. The Labute approximate surface area is 118 Å². The number of ether oxygens (including phenoxy) is 1. The monoisotopic (exact) mass is 330 g/mol. The van der Waals surface area contributed by atoms with Crippen LogP contribution < -0.4 is 5.32 Å². The summed E-state index contributed by atoms with van der Waals surface area (Å²) in [7, 11) is 1.26. The van der Waals surface area contributed by atoms with Gasteiger partial charge in [-0.1, -0.05) is 0 Å². The molecule has 2 heterocycles. The van der Waals surface area contributed by atoms with Crippen molar-refractivity contribution in [1.82, 2.24) is 20.2 Å². The molecule has 0 unspecified atom stereocenters. The molecule has 1 saturated heterocycles. The lowest BCUT2D eigenvalue weighted by Crippen LogP contribution is -2.40. The second kappa shape index (κ2) is 6.05. The molecule has 1 aromatic heterocycles. The summed E-state index contributed by atoms with van der Waals surface area (Å²) in [5.41, 5.74) is 0. The first-order chi connectivity index (χ1) is 9.11. The van der Waals surface area contributed by atoms with Crippen LogP contribution in [0.2, 0.25) is 0 Å². The summed E-state index contributed by atoms with van der Waals surface area (Å²) in [6, 6.07) is -0.0572. The predicted molar refractivity (Wildman–Crippen MR) is 70.4 cm³/mol. The van der Waals surface area contributed by atoms with Crippen LogP contribution in [0.3, 0.4) is 0 Å². The highest BCUT2D eigenvalue weighted by Gasteiger charge is 2.31. The van der Waals surface area contributed by atoms with Crippen LogP contribution in [0.4, 0.5) is 4.79 Å². The van der Waals surface area contributed by atoms with E-state index in [1.54, 1.807) is 11.1 Å². The van der Waals surface area contributed by atoms with E-state index in [-0.39, 0.29) is 18.5 Å². The molecule has 7 nitrogen and oxygen atoms in total. The number of carbonyl (C=O) groups is 2. The lowest BCUT2D eigenvalue weighted by Gasteiger charge is -2.23. The van der Waals surface area contributed by atoms with Crippen molar-refractivity contribution in [3.05, 3.63) is 16.6 Å². The zero-order chi connectivity index (χ0) is 13.8. The smallest absolute Gasteiger partial charge is 0.407 e. The number of rotatable bonds is 3. The van der Waals surface area contributed by atoms with E-state index < -0.39 is 6.09 Å². The van der Waals surface area contributed by atoms with Crippen LogP contribution in [0.15, 0.2) is 10.8 Å². The van der Waals surface area contributed by atoms with Crippen LogP contribution in [0.1, 0.15) is 24.7 Å². The van der Waals surface area contributed by atoms with Gasteiger partial charge >= 0.3 is 6.09 Å². The Hall–Kier alpha value is -1.57. The van der Waals surface area contributed by atoms with E-state index in [0.29, 0.717) is 6.54 Å². The molecule has 104 valence electrons. The third kappa shape index (κ3) is 3.25. The fourth-order valence-electron chi connectivity index (χ4n) is 2.15. The molecule has 19 heavy (non-hydrogen) atoms. The SMILES string of the molecule is COC(=O)NCC(=O)N1CCC[C@H]1c1ncc(Br)[nH]1. The third-order valence-corrected chi connectivity index (χ3v) is 3.43. The number of aromatic nitrogens is 2. The highest BCUT2D eigenvalue weighted by Crippen LogP contribution is 2.30. The molecule has 2 rings (SSSR count). The molecule has 0 aliphatic carbocycles. The van der Waals surface area contributed by atoms with Gasteiger partial charge in [0.25, 0.3) is 0 Å². The largest absolute Gasteiger partial charge is 0.453 e. The summed E-state index contributed by atoms with van der Waals surface area (Å²) in [6.07, 6.45) is 2.85. The Bertz CT molecular complexity index is 476. The van der Waals surface area contributed by atoms with Gasteiger partial charge in [-0.15, -0.1) is 0 Å². The van der Waals surface area contributed by atoms with Crippen molar-refractivity contribution >= 4 is 27.9 Å². The van der Waals surface area contributed by atoms with E-state index in [0.717, 1.165) is 23.3 Å². The Morgan fingerprint density at radius 3 is 3.11 bits per heavy atom. The maximum atomic E-state index is 12.1. The molecule has 0 bridgehead atoms. The number of H-pyrrole nitrogens is 1. The summed E-state index contributed by atoms with van der Waals surface area (Å²) in [5.74, 6) is 0.621. The minimum Gasteiger partial charge on any atom is -0.453 e. The fraction of sp³-hybridized carbons (Fsp3) is 0.545. The van der Waals surface area contributed by atoms with Gasteiger partial charge in [-0.25, -0.2) is 9.78 Å². The number of likely N-dealkylation sites (tertiary alicyclic amines) is 1. The van der Waals surface area contributed by atoms with E-state index in [2.05, 4.69) is 36.0 Å². The summed E-state index contributed by atoms with van der Waals surface area (Å²) in [6.45, 7) is 0.607. The molecule has 0 spiro atoms. The number of nitrogens with zero attached hydrogens (tertiary/aromatic N) is 2. The molecule has 2 N–H and O–H groups in total. The van der Waals surface area contributed by atoms with Crippen LogP contribution in [0.5, 0.6) is 0 Å². The van der Waals surface area contributed by atoms with E-state index in [1.807, 2.05) is 0 Å². The Kier molecular flexibility index (Phi) is 4.41. The van der Waals surface area contributed by atoms with E-state index in [1.165, 1.54) is 7.11 Å². The Morgan fingerprint density at radius 2 is 2.47 bits per heavy atom. The van der Waals surface area contributed by atoms with Crippen molar-refractivity contribution in [2.75, 3.05) is 20.2 Å². The zero-order valence-corrected chi connectivity index (χ0v) is 12.1. The van der Waals surface area contributed by atoms with Crippen molar-refractivity contribution in [3.63, 3.8) is 0 Å². The molecule has 0 saturated carbocycles. The van der Waals surface area contributed by atoms with Crippen molar-refractivity contribution in [1.29, 1.82) is 0 Å². The number of amides is 2. The lowest BCUT2D eigenvalue weighted by molar-refractivity contribution is -0.131. The first-order valence-electron chi connectivity index (χ1n) is 5.93. The zero-order valence-electron chi connectivity index (χ0n) is 10.5. The molecule has 1 aromatic rings. The van der Waals surface area contributed by atoms with E-state index in [9.17, 15) is 9.59 Å². The maximum absolute atomic E-state index is 12.1. The molecule has 1 aliphatic heterocycles. The normalized spacial score (nSPS) is 18.4. The number of imidazole rings is 1. The molecule has 0 radical (unpaired) electrons. The molecular weight excluding hydrogens is 316 g/mol. The number of halogens is 1. The Balaban J connectivity index is 1.98. The number of hydrogen-bond acceptors (Lipinski definition) is 4. The van der Waals surface area contributed by atoms with Crippen molar-refractivity contribution in [3.8, 4) is 0 Å². The number of aromatic amines is 1. The second-order valence-electron chi connectivity index (χ2n) is 4.21. The van der Waals surface area contributed by atoms with Crippen LogP contribution in [0, 0.1) is 0 Å². The van der Waals surface area contributed by atoms with Gasteiger partial charge in [0.1, 0.15) is 17.0 Å². The average molecular weight is 331 g/mol. The summed E-state index contributed by atoms with van der Waals surface area (Å²) >= 11 is 3.30. The summed E-state index contributed by atoms with van der Waals surface area (Å²) in [5, 5.41) is 2.39. The van der Waals surface area contributed by atoms with Crippen molar-refractivity contribution in [2.45, 2.75) is 18.9 Å². The molecule has 0 aromatic carbocycles. The van der Waals surface area contributed by atoms with Gasteiger partial charge in [-0.05, 0) is 28.8 Å². The van der Waals surface area contributed by atoms with Gasteiger partial charge in [-0.2, -0.15) is 0 Å². The number of carbonyl (C=O) groups excluding carboxylic acids is 2. The molecule has 1 atom stereocenters. The van der Waals surface area contributed by atoms with Gasteiger partial charge in [0.2, 0.25) is 5.91 Å². The topological polar surface area (TPSA) is 87.3 Å². The number of hydrogen-bond donors (Lipinski definition) is 2. The highest BCUT2D eigenvalue weighted by atomic mass is 79.9. The molecule has 1 aliphatic rings. The van der Waals surface area contributed by atoms with Crippen LogP contribution in [-0.4, -0.2) is 47.1 Å². The average Bonchev–Trinajstić information content (AvgIpc) is 3.03. The quantitative estimate of drug-likeness (QED) is 0.871. The van der Waals surface area contributed by atoms with E-state index >= 15 is 0 Å². The van der Waals surface area contributed by atoms with Crippen LogP contribution in [-0.2, 0) is 9.53 Å². The number of alkyl carbamates (subject to hydrolysis) is 1. The number of methoxy groups -OCH3 is 1. The van der Waals surface area contributed by atoms with Gasteiger partial charge in [-0.3, -0.25) is 4.79 Å². The van der Waals surface area contributed by atoms with Crippen LogP contribution >= 0.6 is 15.9 Å². The minimum absolute atomic E-state index is 0.0572. The number of nitrogens with one attached hydrogen (secondary N) is 2. The van der Waals surface area contributed by atoms with E-state index in [4.69, 9.17) is 0 Å². The Morgan fingerprint density at radius 1 is 1.68 bits per heavy atom. The van der Waals surface area contributed by atoms with Crippen molar-refractivity contribution < 1.29 is 14.3 Å². The molecule has 1 fully saturated rings. The standard InChI is InChI=1S/C11H15BrN4O3/c1-19-11(18)14-6-9(17)16-4-2-3-7(16)10-13-5-8(12)15-10/h5,7H,2-4,6H2,1H3,(H,13,15)(H,14,18)/t7-/m0/s1. The molecular formula is C11H15BrN4O3. The van der Waals surface area contributed by atoms with Gasteiger partial charge < -0.3 is 19.9 Å². The van der Waals surface area contributed by atoms with Crippen molar-refractivity contribution in [2.24, 2.45) is 0 Å².